The molecule has 6 atom stereocenters. The molecule has 11 nitrogen and oxygen atoms in total. The predicted molar refractivity (Wildman–Crippen MR) is 161 cm³/mol. The second-order valence-electron chi connectivity index (χ2n) is 12.3. The molecule has 43 heavy (non-hydrogen) atoms. The molecule has 1 aromatic rings. The molecule has 0 bridgehead atoms. The Bertz CT molecular complexity index is 1270. The number of carbonyl (C=O) groups excluding carboxylic acids is 4. The number of likely N-dealkylation sites (tertiary alicyclic amines) is 1. The second-order valence-corrected chi connectivity index (χ2v) is 14.2. The molecule has 2 N–H and O–H groups in total. The van der Waals surface area contributed by atoms with Crippen molar-refractivity contribution in [3.63, 3.8) is 0 Å². The fourth-order valence-electron chi connectivity index (χ4n) is 6.88. The standard InChI is InChI=1S/C31H46N4O7S/c1-5-20(2)28(36)33-26(22-14-10-7-11-15-22)30(38)34-17-16-25-27(34)23(19-35(25)43(4,40)41)29(37)32-24(31(39)42-3)18-21-12-8-6-9-13-21/h6,8-9,12-13,20,22-27H,5,7,10-11,14-19H2,1-4H3,(H,32,37)(H,33,36)/t20-,23+,24+,25-,26+,27-/m1/s1. The van der Waals surface area contributed by atoms with Crippen molar-refractivity contribution in [1.82, 2.24) is 19.8 Å². The lowest BCUT2D eigenvalue weighted by Gasteiger charge is -2.36. The van der Waals surface area contributed by atoms with Gasteiger partial charge in [0.25, 0.3) is 0 Å². The van der Waals surface area contributed by atoms with Crippen LogP contribution in [0, 0.1) is 17.8 Å². The van der Waals surface area contributed by atoms with Gasteiger partial charge in [0, 0.05) is 31.5 Å². The molecule has 3 aliphatic rings. The quantitative estimate of drug-likeness (QED) is 0.361. The first-order valence-corrected chi connectivity index (χ1v) is 17.3. The van der Waals surface area contributed by atoms with Gasteiger partial charge >= 0.3 is 5.97 Å². The number of nitrogens with one attached hydrogen (secondary N) is 2. The van der Waals surface area contributed by atoms with E-state index >= 15 is 0 Å². The van der Waals surface area contributed by atoms with E-state index in [4.69, 9.17) is 4.74 Å². The zero-order valence-electron chi connectivity index (χ0n) is 25.7. The third-order valence-corrected chi connectivity index (χ3v) is 10.7. The number of carbonyl (C=O) groups is 4. The van der Waals surface area contributed by atoms with Crippen LogP contribution in [0.3, 0.4) is 0 Å². The molecule has 2 saturated heterocycles. The highest BCUT2D eigenvalue weighted by atomic mass is 32.2. The van der Waals surface area contributed by atoms with E-state index in [9.17, 15) is 27.6 Å². The number of sulfonamides is 1. The van der Waals surface area contributed by atoms with Crippen LogP contribution in [0.2, 0.25) is 0 Å². The van der Waals surface area contributed by atoms with E-state index in [1.807, 2.05) is 44.2 Å². The van der Waals surface area contributed by atoms with Gasteiger partial charge in [0.2, 0.25) is 27.7 Å². The Kier molecular flexibility index (Phi) is 10.9. The van der Waals surface area contributed by atoms with Crippen molar-refractivity contribution in [3.05, 3.63) is 35.9 Å². The van der Waals surface area contributed by atoms with Crippen molar-refractivity contribution >= 4 is 33.7 Å². The van der Waals surface area contributed by atoms with Gasteiger partial charge in [0.15, 0.2) is 0 Å². The van der Waals surface area contributed by atoms with Crippen LogP contribution >= 0.6 is 0 Å². The van der Waals surface area contributed by atoms with E-state index in [1.165, 1.54) is 11.4 Å². The van der Waals surface area contributed by atoms with Gasteiger partial charge in [-0.2, -0.15) is 4.31 Å². The topological polar surface area (TPSA) is 142 Å². The molecule has 1 aromatic carbocycles. The Labute approximate surface area is 255 Å². The normalized spacial score (nSPS) is 24.9. The lowest BCUT2D eigenvalue weighted by molar-refractivity contribution is -0.146. The minimum absolute atomic E-state index is 0.0254. The van der Waals surface area contributed by atoms with Crippen molar-refractivity contribution in [1.29, 1.82) is 0 Å². The van der Waals surface area contributed by atoms with Gasteiger partial charge in [-0.25, -0.2) is 13.2 Å². The summed E-state index contributed by atoms with van der Waals surface area (Å²) in [5.74, 6) is -2.74. The van der Waals surface area contributed by atoms with Crippen LogP contribution in [0.15, 0.2) is 30.3 Å². The zero-order chi connectivity index (χ0) is 31.3. The first kappa shape index (κ1) is 32.9. The average Bonchev–Trinajstić information content (AvgIpc) is 3.60. The number of benzene rings is 1. The van der Waals surface area contributed by atoms with Crippen LogP contribution in [0.1, 0.15) is 64.4 Å². The molecule has 1 saturated carbocycles. The molecule has 2 heterocycles. The number of esters is 1. The lowest BCUT2D eigenvalue weighted by Crippen LogP contribution is -2.57. The van der Waals surface area contributed by atoms with Gasteiger partial charge in [-0.3, -0.25) is 14.4 Å². The largest absolute Gasteiger partial charge is 0.467 e. The van der Waals surface area contributed by atoms with Gasteiger partial charge in [-0.15, -0.1) is 0 Å². The number of ether oxygens (including phenoxy) is 1. The number of rotatable bonds is 11. The third-order valence-electron chi connectivity index (χ3n) is 9.45. The number of methoxy groups -OCH3 is 1. The Hall–Kier alpha value is -2.99. The molecule has 0 aromatic heterocycles. The maximum atomic E-state index is 14.3. The van der Waals surface area contributed by atoms with Crippen molar-refractivity contribution in [2.24, 2.45) is 17.8 Å². The highest BCUT2D eigenvalue weighted by molar-refractivity contribution is 7.88. The van der Waals surface area contributed by atoms with Gasteiger partial charge in [-0.1, -0.05) is 63.4 Å². The molecular formula is C31H46N4O7S. The minimum atomic E-state index is -3.69. The molecule has 2 aliphatic heterocycles. The maximum absolute atomic E-state index is 14.3. The SMILES string of the molecule is CC[C@@H](C)C(=O)N[C@H](C(=O)N1CC[C@@H]2[C@H]1[C@@H](C(=O)N[C@@H](Cc1ccccc1)C(=O)OC)CN2S(C)(=O)=O)C1CCCCC1. The van der Waals surface area contributed by atoms with E-state index in [0.717, 1.165) is 43.9 Å². The third kappa shape index (κ3) is 7.57. The number of amides is 3. The van der Waals surface area contributed by atoms with Gasteiger partial charge in [-0.05, 0) is 37.2 Å². The fraction of sp³-hybridized carbons (Fsp3) is 0.677. The molecule has 12 heteroatoms. The lowest BCUT2D eigenvalue weighted by atomic mass is 9.82. The molecule has 0 unspecified atom stereocenters. The summed E-state index contributed by atoms with van der Waals surface area (Å²) in [4.78, 5) is 55.5. The Morgan fingerprint density at radius 3 is 2.30 bits per heavy atom. The minimum Gasteiger partial charge on any atom is -0.467 e. The molecule has 4 rings (SSSR count). The van der Waals surface area contributed by atoms with Crippen molar-refractivity contribution in [2.75, 3.05) is 26.5 Å². The van der Waals surface area contributed by atoms with Crippen molar-refractivity contribution in [2.45, 2.75) is 89.4 Å². The summed E-state index contributed by atoms with van der Waals surface area (Å²) in [5, 5.41) is 5.84. The number of hydrogen-bond donors (Lipinski definition) is 2. The van der Waals surface area contributed by atoms with E-state index < -0.39 is 52.0 Å². The monoisotopic (exact) mass is 618 g/mol. The van der Waals surface area contributed by atoms with Crippen molar-refractivity contribution < 1.29 is 32.3 Å². The Balaban J connectivity index is 1.62. The predicted octanol–water partition coefficient (Wildman–Crippen LogP) is 1.86. The Morgan fingerprint density at radius 2 is 1.70 bits per heavy atom. The molecule has 238 valence electrons. The smallest absolute Gasteiger partial charge is 0.328 e. The molecule has 0 spiro atoms. The van der Waals surface area contributed by atoms with Crippen LogP contribution in [-0.2, 0) is 40.4 Å². The molecule has 3 amide bonds. The highest BCUT2D eigenvalue weighted by Gasteiger charge is 2.56. The summed E-state index contributed by atoms with van der Waals surface area (Å²) < 4.78 is 31.9. The Morgan fingerprint density at radius 1 is 1.02 bits per heavy atom. The van der Waals surface area contributed by atoms with Gasteiger partial charge in [0.05, 0.1) is 25.3 Å². The number of fused-ring (bicyclic) bond motifs is 1. The van der Waals surface area contributed by atoms with E-state index in [1.54, 1.807) is 4.90 Å². The molecule has 1 aliphatic carbocycles. The summed E-state index contributed by atoms with van der Waals surface area (Å²) in [7, 11) is -2.44. The first-order chi connectivity index (χ1) is 20.5. The van der Waals surface area contributed by atoms with Crippen molar-refractivity contribution in [3.8, 4) is 0 Å². The van der Waals surface area contributed by atoms with Crippen LogP contribution in [0.25, 0.3) is 0 Å². The van der Waals surface area contributed by atoms with Crippen LogP contribution in [0.5, 0.6) is 0 Å². The summed E-state index contributed by atoms with van der Waals surface area (Å²) >= 11 is 0. The van der Waals surface area contributed by atoms with E-state index in [2.05, 4.69) is 10.6 Å². The van der Waals surface area contributed by atoms with Gasteiger partial charge < -0.3 is 20.3 Å². The first-order valence-electron chi connectivity index (χ1n) is 15.5. The average molecular weight is 619 g/mol. The maximum Gasteiger partial charge on any atom is 0.328 e. The number of hydrogen-bond acceptors (Lipinski definition) is 7. The second kappa shape index (κ2) is 14.2. The van der Waals surface area contributed by atoms with Gasteiger partial charge in [0.1, 0.15) is 12.1 Å². The van der Waals surface area contributed by atoms with Crippen LogP contribution < -0.4 is 10.6 Å². The molecule has 0 radical (unpaired) electrons. The summed E-state index contributed by atoms with van der Waals surface area (Å²) in [6, 6.07) is 6.19. The summed E-state index contributed by atoms with van der Waals surface area (Å²) in [5.41, 5.74) is 0.824. The zero-order valence-corrected chi connectivity index (χ0v) is 26.5. The highest BCUT2D eigenvalue weighted by Crippen LogP contribution is 2.39. The van der Waals surface area contributed by atoms with E-state index in [0.29, 0.717) is 12.8 Å². The van der Waals surface area contributed by atoms with Crippen LogP contribution in [0.4, 0.5) is 0 Å². The summed E-state index contributed by atoms with van der Waals surface area (Å²) in [6.07, 6.45) is 7.00. The number of nitrogens with zero attached hydrogens (tertiary/aromatic N) is 2. The molecular weight excluding hydrogens is 572 g/mol. The molecule has 3 fully saturated rings. The fourth-order valence-corrected chi connectivity index (χ4v) is 8.04. The van der Waals surface area contributed by atoms with Crippen LogP contribution in [-0.4, -0.2) is 91.9 Å². The summed E-state index contributed by atoms with van der Waals surface area (Å²) in [6.45, 7) is 3.93. The van der Waals surface area contributed by atoms with E-state index in [-0.39, 0.29) is 43.2 Å².